The summed E-state index contributed by atoms with van der Waals surface area (Å²) in [4.78, 5) is 16.6. The lowest BCUT2D eigenvalue weighted by Crippen LogP contribution is -2.49. The van der Waals surface area contributed by atoms with Crippen LogP contribution in [-0.4, -0.2) is 74.4 Å². The zero-order chi connectivity index (χ0) is 18.1. The molecule has 0 spiro atoms. The van der Waals surface area contributed by atoms with Gasteiger partial charge in [-0.05, 0) is 32.4 Å². The summed E-state index contributed by atoms with van der Waals surface area (Å²) in [6.45, 7) is 12.2. The third-order valence-electron chi connectivity index (χ3n) is 4.41. The van der Waals surface area contributed by atoms with E-state index in [4.69, 9.17) is 9.47 Å². The zero-order valence-electron chi connectivity index (χ0n) is 15.7. The maximum atomic E-state index is 12.5. The molecule has 1 aromatic rings. The summed E-state index contributed by atoms with van der Waals surface area (Å²) in [6, 6.07) is 7.83. The Bertz CT molecular complexity index is 532. The van der Waals surface area contributed by atoms with Gasteiger partial charge in [-0.1, -0.05) is 18.2 Å². The van der Waals surface area contributed by atoms with Gasteiger partial charge in [-0.15, -0.1) is 0 Å². The number of hydrogen-bond donors (Lipinski definition) is 1. The maximum absolute atomic E-state index is 12.5. The number of para-hydroxylation sites is 1. The molecule has 0 aromatic heterocycles. The molecule has 1 aliphatic heterocycles. The van der Waals surface area contributed by atoms with E-state index in [0.717, 1.165) is 50.7 Å². The number of carbonyl (C=O) groups is 1. The summed E-state index contributed by atoms with van der Waals surface area (Å²) in [6.07, 6.45) is 0. The van der Waals surface area contributed by atoms with Crippen molar-refractivity contribution in [3.8, 4) is 5.75 Å². The Labute approximate surface area is 151 Å². The van der Waals surface area contributed by atoms with Gasteiger partial charge in [0.1, 0.15) is 12.4 Å². The van der Waals surface area contributed by atoms with Gasteiger partial charge >= 0.3 is 6.03 Å². The quantitative estimate of drug-likeness (QED) is 0.781. The highest BCUT2D eigenvalue weighted by Crippen LogP contribution is 2.16. The number of nitrogens with one attached hydrogen (secondary N) is 1. The van der Waals surface area contributed by atoms with Crippen molar-refractivity contribution in [1.82, 2.24) is 15.1 Å². The van der Waals surface area contributed by atoms with E-state index >= 15 is 0 Å². The van der Waals surface area contributed by atoms with Crippen molar-refractivity contribution < 1.29 is 14.3 Å². The van der Waals surface area contributed by atoms with Gasteiger partial charge in [-0.3, -0.25) is 4.90 Å². The van der Waals surface area contributed by atoms with Crippen LogP contribution in [0.5, 0.6) is 5.75 Å². The van der Waals surface area contributed by atoms with Gasteiger partial charge < -0.3 is 19.7 Å². The second-order valence-corrected chi connectivity index (χ2v) is 6.46. The lowest BCUT2D eigenvalue weighted by atomic mass is 10.2. The molecule has 25 heavy (non-hydrogen) atoms. The molecule has 1 heterocycles. The molecule has 0 radical (unpaired) electrons. The van der Waals surface area contributed by atoms with Crippen LogP contribution in [0.2, 0.25) is 0 Å². The van der Waals surface area contributed by atoms with Gasteiger partial charge in [-0.25, -0.2) is 4.79 Å². The Morgan fingerprint density at radius 1 is 1.36 bits per heavy atom. The molecule has 140 valence electrons. The van der Waals surface area contributed by atoms with Crippen molar-refractivity contribution in [2.75, 3.05) is 52.5 Å². The zero-order valence-corrected chi connectivity index (χ0v) is 15.7. The molecule has 6 heteroatoms. The highest BCUT2D eigenvalue weighted by Gasteiger charge is 2.17. The normalized spacial score (nSPS) is 16.3. The van der Waals surface area contributed by atoms with Gasteiger partial charge in [0, 0.05) is 32.7 Å². The number of benzene rings is 1. The predicted molar refractivity (Wildman–Crippen MR) is 99.2 cm³/mol. The minimum absolute atomic E-state index is 0.0309. The molecule has 1 atom stereocenters. The molecular weight excluding hydrogens is 318 g/mol. The van der Waals surface area contributed by atoms with Gasteiger partial charge in [0.15, 0.2) is 0 Å². The van der Waals surface area contributed by atoms with Crippen molar-refractivity contribution in [2.24, 2.45) is 0 Å². The Morgan fingerprint density at radius 2 is 2.08 bits per heavy atom. The Morgan fingerprint density at radius 3 is 2.76 bits per heavy atom. The van der Waals surface area contributed by atoms with E-state index in [9.17, 15) is 4.79 Å². The topological polar surface area (TPSA) is 54.0 Å². The molecule has 1 aromatic carbocycles. The van der Waals surface area contributed by atoms with Gasteiger partial charge in [0.05, 0.1) is 19.3 Å². The van der Waals surface area contributed by atoms with E-state index in [1.54, 1.807) is 0 Å². The molecule has 1 saturated heterocycles. The smallest absolute Gasteiger partial charge is 0.317 e. The molecular formula is C19H31N3O3. The van der Waals surface area contributed by atoms with Crippen LogP contribution < -0.4 is 10.1 Å². The number of carbonyl (C=O) groups excluding carboxylic acids is 1. The van der Waals surface area contributed by atoms with E-state index in [2.05, 4.69) is 10.2 Å². The summed E-state index contributed by atoms with van der Waals surface area (Å²) in [5.41, 5.74) is 1.10. The van der Waals surface area contributed by atoms with E-state index in [1.807, 2.05) is 49.9 Å². The van der Waals surface area contributed by atoms with Crippen molar-refractivity contribution in [2.45, 2.75) is 26.8 Å². The molecule has 1 fully saturated rings. The Hall–Kier alpha value is -1.79. The monoisotopic (exact) mass is 349 g/mol. The first kappa shape index (κ1) is 19.5. The number of hydrogen-bond acceptors (Lipinski definition) is 4. The van der Waals surface area contributed by atoms with E-state index in [1.165, 1.54) is 0 Å². The van der Waals surface area contributed by atoms with Crippen molar-refractivity contribution in [3.05, 3.63) is 29.8 Å². The molecule has 2 amide bonds. The second-order valence-electron chi connectivity index (χ2n) is 6.46. The third-order valence-corrected chi connectivity index (χ3v) is 4.41. The highest BCUT2D eigenvalue weighted by atomic mass is 16.5. The summed E-state index contributed by atoms with van der Waals surface area (Å²) < 4.78 is 11.2. The Balaban J connectivity index is 1.72. The molecule has 2 rings (SSSR count). The van der Waals surface area contributed by atoms with E-state index < -0.39 is 0 Å². The minimum Gasteiger partial charge on any atom is -0.491 e. The first-order valence-electron chi connectivity index (χ1n) is 9.14. The fraction of sp³-hybridized carbons (Fsp3) is 0.632. The SMILES string of the molecule is CCN(CCN1CCOCC1)C(=O)N[C@H](C)COc1ccccc1C. The fourth-order valence-electron chi connectivity index (χ4n) is 2.77. The van der Waals surface area contributed by atoms with Crippen LogP contribution in [0.3, 0.4) is 0 Å². The number of amides is 2. The fourth-order valence-corrected chi connectivity index (χ4v) is 2.77. The molecule has 0 saturated carbocycles. The van der Waals surface area contributed by atoms with Crippen LogP contribution in [-0.2, 0) is 4.74 Å². The molecule has 0 unspecified atom stereocenters. The lowest BCUT2D eigenvalue weighted by molar-refractivity contribution is 0.0350. The molecule has 0 aliphatic carbocycles. The maximum Gasteiger partial charge on any atom is 0.317 e. The second kappa shape index (κ2) is 10.3. The lowest BCUT2D eigenvalue weighted by Gasteiger charge is -2.30. The van der Waals surface area contributed by atoms with Crippen LogP contribution in [0, 0.1) is 6.92 Å². The highest BCUT2D eigenvalue weighted by molar-refractivity contribution is 5.74. The summed E-state index contributed by atoms with van der Waals surface area (Å²) in [5.74, 6) is 0.864. The van der Waals surface area contributed by atoms with Gasteiger partial charge in [-0.2, -0.15) is 0 Å². The molecule has 1 aliphatic rings. The number of nitrogens with zero attached hydrogens (tertiary/aromatic N) is 2. The Kier molecular flexibility index (Phi) is 8.01. The predicted octanol–water partition coefficient (Wildman–Crippen LogP) is 2.13. The first-order chi connectivity index (χ1) is 12.1. The van der Waals surface area contributed by atoms with Crippen molar-refractivity contribution in [1.29, 1.82) is 0 Å². The molecule has 1 N–H and O–H groups in total. The third kappa shape index (κ3) is 6.55. The van der Waals surface area contributed by atoms with E-state index in [-0.39, 0.29) is 12.1 Å². The molecule has 6 nitrogen and oxygen atoms in total. The average Bonchev–Trinajstić information content (AvgIpc) is 2.62. The van der Waals surface area contributed by atoms with Crippen LogP contribution in [0.1, 0.15) is 19.4 Å². The number of aryl methyl sites for hydroxylation is 1. The van der Waals surface area contributed by atoms with Crippen molar-refractivity contribution in [3.63, 3.8) is 0 Å². The van der Waals surface area contributed by atoms with Crippen LogP contribution in [0.25, 0.3) is 0 Å². The minimum atomic E-state index is -0.0513. The summed E-state index contributed by atoms with van der Waals surface area (Å²) in [7, 11) is 0. The standard InChI is InChI=1S/C19H31N3O3/c1-4-22(10-9-21-11-13-24-14-12-21)19(23)20-17(3)15-25-18-8-6-5-7-16(18)2/h5-8,17H,4,9-15H2,1-3H3,(H,20,23)/t17-/m1/s1. The van der Waals surface area contributed by atoms with Crippen LogP contribution in [0.4, 0.5) is 4.79 Å². The van der Waals surface area contributed by atoms with Crippen LogP contribution in [0.15, 0.2) is 24.3 Å². The van der Waals surface area contributed by atoms with E-state index in [0.29, 0.717) is 13.2 Å². The average molecular weight is 349 g/mol. The largest absolute Gasteiger partial charge is 0.491 e. The van der Waals surface area contributed by atoms with Gasteiger partial charge in [0.2, 0.25) is 0 Å². The number of rotatable bonds is 8. The number of urea groups is 1. The number of ether oxygens (including phenoxy) is 2. The molecule has 0 bridgehead atoms. The number of likely N-dealkylation sites (N-methyl/N-ethyl adjacent to an activating group) is 1. The van der Waals surface area contributed by atoms with Gasteiger partial charge in [0.25, 0.3) is 0 Å². The van der Waals surface area contributed by atoms with Crippen molar-refractivity contribution >= 4 is 6.03 Å². The summed E-state index contributed by atoms with van der Waals surface area (Å²) >= 11 is 0. The summed E-state index contributed by atoms with van der Waals surface area (Å²) in [5, 5.41) is 3.03. The number of morpholine rings is 1. The van der Waals surface area contributed by atoms with Crippen LogP contribution >= 0.6 is 0 Å². The first-order valence-corrected chi connectivity index (χ1v) is 9.14.